The van der Waals surface area contributed by atoms with E-state index in [-0.39, 0.29) is 24.3 Å². The molecule has 0 aliphatic heterocycles. The molecule has 0 fully saturated rings. The van der Waals surface area contributed by atoms with Gasteiger partial charge in [0.2, 0.25) is 5.95 Å². The van der Waals surface area contributed by atoms with E-state index in [0.717, 1.165) is 5.56 Å². The van der Waals surface area contributed by atoms with E-state index in [4.69, 9.17) is 11.6 Å². The molecule has 0 amide bonds. The zero-order chi connectivity index (χ0) is 20.1. The van der Waals surface area contributed by atoms with Gasteiger partial charge in [-0.1, -0.05) is 55.8 Å². The van der Waals surface area contributed by atoms with Crippen molar-refractivity contribution in [2.45, 2.75) is 19.9 Å². The number of aromatic nitrogens is 2. The van der Waals surface area contributed by atoms with Gasteiger partial charge in [0.15, 0.2) is 0 Å². The van der Waals surface area contributed by atoms with Crippen molar-refractivity contribution >= 4 is 29.1 Å². The molecule has 0 saturated heterocycles. The number of aliphatic hydroxyl groups is 1. The van der Waals surface area contributed by atoms with E-state index in [1.807, 2.05) is 44.2 Å². The van der Waals surface area contributed by atoms with E-state index in [9.17, 15) is 10.2 Å². The summed E-state index contributed by atoms with van der Waals surface area (Å²) in [5.41, 5.74) is 2.08. The lowest BCUT2D eigenvalue weighted by molar-refractivity contribution is 0.248. The quantitative estimate of drug-likeness (QED) is 0.432. The summed E-state index contributed by atoms with van der Waals surface area (Å²) < 4.78 is 0. The van der Waals surface area contributed by atoms with Crippen LogP contribution >= 0.6 is 11.6 Å². The third-order valence-corrected chi connectivity index (χ3v) is 4.57. The number of hydrogen-bond donors (Lipinski definition) is 4. The minimum absolute atomic E-state index is 0.0333. The molecular formula is C21H23ClN4O2. The Balaban J connectivity index is 2.00. The van der Waals surface area contributed by atoms with Crippen LogP contribution in [0.1, 0.15) is 13.8 Å². The summed E-state index contributed by atoms with van der Waals surface area (Å²) in [6, 6.07) is 16.1. The Kier molecular flexibility index (Phi) is 6.34. The van der Waals surface area contributed by atoms with E-state index >= 15 is 0 Å². The van der Waals surface area contributed by atoms with Gasteiger partial charge in [-0.15, -0.1) is 0 Å². The lowest BCUT2D eigenvalue weighted by atomic mass is 10.1. The Hall–Kier alpha value is -2.83. The Morgan fingerprint density at radius 3 is 2.46 bits per heavy atom. The molecule has 0 aliphatic rings. The molecule has 1 aromatic heterocycles. The van der Waals surface area contributed by atoms with Crippen molar-refractivity contribution in [3.63, 3.8) is 0 Å². The Morgan fingerprint density at radius 1 is 1.04 bits per heavy atom. The van der Waals surface area contributed by atoms with Crippen LogP contribution in [0.5, 0.6) is 5.75 Å². The van der Waals surface area contributed by atoms with Crippen molar-refractivity contribution < 1.29 is 10.2 Å². The summed E-state index contributed by atoms with van der Waals surface area (Å²) >= 11 is 6.04. The molecule has 7 heteroatoms. The smallest absolute Gasteiger partial charge is 0.225 e. The summed E-state index contributed by atoms with van der Waals surface area (Å²) in [5, 5.41) is 26.5. The second-order valence-electron chi connectivity index (χ2n) is 6.79. The number of aliphatic hydroxyl groups excluding tert-OH is 1. The Bertz CT molecular complexity index is 935. The highest BCUT2D eigenvalue weighted by Gasteiger charge is 2.15. The summed E-state index contributed by atoms with van der Waals surface area (Å²) in [4.78, 5) is 9.09. The van der Waals surface area contributed by atoms with E-state index in [1.165, 1.54) is 6.07 Å². The predicted octanol–water partition coefficient (Wildman–Crippen LogP) is 4.68. The summed E-state index contributed by atoms with van der Waals surface area (Å²) in [7, 11) is 0. The number of nitrogens with one attached hydrogen (secondary N) is 2. The largest absolute Gasteiger partial charge is 0.506 e. The fraction of sp³-hybridized carbons (Fsp3) is 0.238. The van der Waals surface area contributed by atoms with Crippen LogP contribution in [0.4, 0.5) is 17.5 Å². The number of phenols is 1. The minimum Gasteiger partial charge on any atom is -0.506 e. The van der Waals surface area contributed by atoms with Crippen molar-refractivity contribution in [3.8, 4) is 17.0 Å². The number of aromatic hydroxyl groups is 1. The SMILES string of the molecule is CC(C)[C@H](CO)Nc1nc(Nc2cc(Cl)ccc2O)cc(-c2ccccc2)n1. The molecule has 1 heterocycles. The van der Waals surface area contributed by atoms with Gasteiger partial charge in [0.1, 0.15) is 11.6 Å². The van der Waals surface area contributed by atoms with Crippen molar-refractivity contribution in [2.75, 3.05) is 17.2 Å². The molecule has 2 aromatic carbocycles. The first-order chi connectivity index (χ1) is 13.5. The van der Waals surface area contributed by atoms with Gasteiger partial charge in [-0.2, -0.15) is 4.98 Å². The maximum Gasteiger partial charge on any atom is 0.225 e. The second kappa shape index (κ2) is 8.91. The van der Waals surface area contributed by atoms with E-state index in [2.05, 4.69) is 20.6 Å². The van der Waals surface area contributed by atoms with Crippen LogP contribution in [0, 0.1) is 5.92 Å². The highest BCUT2D eigenvalue weighted by molar-refractivity contribution is 6.31. The molecule has 0 spiro atoms. The van der Waals surface area contributed by atoms with Crippen LogP contribution in [-0.2, 0) is 0 Å². The molecule has 0 unspecified atom stereocenters. The maximum absolute atomic E-state index is 10.1. The van der Waals surface area contributed by atoms with Crippen molar-refractivity contribution in [3.05, 3.63) is 59.6 Å². The third kappa shape index (κ3) is 4.91. The molecule has 6 nitrogen and oxygen atoms in total. The van der Waals surface area contributed by atoms with Gasteiger partial charge in [0, 0.05) is 16.7 Å². The van der Waals surface area contributed by atoms with Gasteiger partial charge in [-0.05, 0) is 24.1 Å². The van der Waals surface area contributed by atoms with Crippen molar-refractivity contribution in [1.29, 1.82) is 0 Å². The number of nitrogens with zero attached hydrogens (tertiary/aromatic N) is 2. The van der Waals surface area contributed by atoms with Gasteiger partial charge in [0.25, 0.3) is 0 Å². The Labute approximate surface area is 169 Å². The first-order valence-corrected chi connectivity index (χ1v) is 9.41. The lowest BCUT2D eigenvalue weighted by Crippen LogP contribution is -2.30. The first-order valence-electron chi connectivity index (χ1n) is 9.03. The highest BCUT2D eigenvalue weighted by Crippen LogP contribution is 2.30. The topological polar surface area (TPSA) is 90.3 Å². The number of anilines is 3. The zero-order valence-corrected chi connectivity index (χ0v) is 16.5. The number of hydrogen-bond acceptors (Lipinski definition) is 6. The molecule has 0 radical (unpaired) electrons. The molecular weight excluding hydrogens is 376 g/mol. The molecule has 3 aromatic rings. The fourth-order valence-corrected chi connectivity index (χ4v) is 2.84. The van der Waals surface area contributed by atoms with Crippen LogP contribution < -0.4 is 10.6 Å². The second-order valence-corrected chi connectivity index (χ2v) is 7.23. The van der Waals surface area contributed by atoms with Crippen LogP contribution in [-0.4, -0.2) is 32.8 Å². The minimum atomic E-state index is -0.182. The third-order valence-electron chi connectivity index (χ3n) is 4.33. The number of halogens is 1. The first kappa shape index (κ1) is 19.9. The van der Waals surface area contributed by atoms with Crippen LogP contribution in [0.15, 0.2) is 54.6 Å². The van der Waals surface area contributed by atoms with Crippen LogP contribution in [0.3, 0.4) is 0 Å². The van der Waals surface area contributed by atoms with Gasteiger partial charge < -0.3 is 20.8 Å². The number of benzene rings is 2. The van der Waals surface area contributed by atoms with Crippen molar-refractivity contribution in [2.24, 2.45) is 5.92 Å². The van der Waals surface area contributed by atoms with Crippen LogP contribution in [0.2, 0.25) is 5.02 Å². The molecule has 146 valence electrons. The summed E-state index contributed by atoms with van der Waals surface area (Å²) in [6.07, 6.45) is 0. The Morgan fingerprint density at radius 2 is 1.79 bits per heavy atom. The van der Waals surface area contributed by atoms with Crippen LogP contribution in [0.25, 0.3) is 11.3 Å². The molecule has 4 N–H and O–H groups in total. The predicted molar refractivity (Wildman–Crippen MR) is 113 cm³/mol. The van der Waals surface area contributed by atoms with Gasteiger partial charge in [0.05, 0.1) is 24.0 Å². The van der Waals surface area contributed by atoms with Gasteiger partial charge in [-0.3, -0.25) is 0 Å². The standard InChI is InChI=1S/C21H23ClN4O2/c1-13(2)18(12-27)25-21-24-16(14-6-4-3-5-7-14)11-20(26-21)23-17-10-15(22)8-9-19(17)28/h3-11,13,18,27-28H,12H2,1-2H3,(H2,23,24,25,26)/t18-/m0/s1. The average molecular weight is 399 g/mol. The monoisotopic (exact) mass is 398 g/mol. The van der Waals surface area contributed by atoms with E-state index in [1.54, 1.807) is 18.2 Å². The van der Waals surface area contributed by atoms with E-state index in [0.29, 0.717) is 28.2 Å². The zero-order valence-electron chi connectivity index (χ0n) is 15.7. The fourth-order valence-electron chi connectivity index (χ4n) is 2.67. The molecule has 28 heavy (non-hydrogen) atoms. The van der Waals surface area contributed by atoms with Gasteiger partial charge in [-0.25, -0.2) is 4.98 Å². The van der Waals surface area contributed by atoms with E-state index < -0.39 is 0 Å². The molecule has 0 aliphatic carbocycles. The molecule has 0 saturated carbocycles. The highest BCUT2D eigenvalue weighted by atomic mass is 35.5. The molecule has 0 bridgehead atoms. The van der Waals surface area contributed by atoms with Gasteiger partial charge >= 0.3 is 0 Å². The lowest BCUT2D eigenvalue weighted by Gasteiger charge is -2.21. The van der Waals surface area contributed by atoms with Crippen molar-refractivity contribution in [1.82, 2.24) is 9.97 Å². The average Bonchev–Trinajstić information content (AvgIpc) is 2.69. The molecule has 3 rings (SSSR count). The number of rotatable bonds is 7. The molecule has 1 atom stereocenters. The summed E-state index contributed by atoms with van der Waals surface area (Å²) in [6.45, 7) is 3.99. The maximum atomic E-state index is 10.1. The summed E-state index contributed by atoms with van der Waals surface area (Å²) in [5.74, 6) is 1.14. The number of phenolic OH excluding ortho intramolecular Hbond substituents is 1. The normalized spacial score (nSPS) is 12.0.